The Morgan fingerprint density at radius 2 is 2.16 bits per heavy atom. The topological polar surface area (TPSA) is 22.4 Å². The number of benzene rings is 1. The third-order valence-electron chi connectivity index (χ3n) is 3.53. The smallest absolute Gasteiger partial charge is 0.134 e. The van der Waals surface area contributed by atoms with Crippen molar-refractivity contribution >= 4 is 0 Å². The summed E-state index contributed by atoms with van der Waals surface area (Å²) in [5.74, 6) is 2.03. The molecule has 1 aliphatic carbocycles. The molecule has 0 saturated heterocycles. The average molecular weight is 254 g/mol. The van der Waals surface area contributed by atoms with Crippen LogP contribution in [0.1, 0.15) is 30.3 Å². The van der Waals surface area contributed by atoms with Crippen LogP contribution in [0.3, 0.4) is 0 Å². The summed E-state index contributed by atoms with van der Waals surface area (Å²) in [5.41, 5.74) is 2.34. The normalized spacial score (nSPS) is 18.0. The summed E-state index contributed by atoms with van der Waals surface area (Å²) in [7, 11) is 0. The molecule has 98 valence electrons. The molecule has 1 aromatic carbocycles. The van der Waals surface area contributed by atoms with Crippen molar-refractivity contribution in [2.45, 2.75) is 25.4 Å². The maximum atomic E-state index is 6.00. The Balaban J connectivity index is 1.91. The lowest BCUT2D eigenvalue weighted by Crippen LogP contribution is -2.10. The molecule has 2 heteroatoms. The maximum Gasteiger partial charge on any atom is 0.134 e. The van der Waals surface area contributed by atoms with Gasteiger partial charge in [-0.1, -0.05) is 36.4 Å². The molecule has 19 heavy (non-hydrogen) atoms. The van der Waals surface area contributed by atoms with Gasteiger partial charge in [-0.15, -0.1) is 6.58 Å². The molecular weight excluding hydrogens is 236 g/mol. The largest absolute Gasteiger partial charge is 0.461 e. The van der Waals surface area contributed by atoms with E-state index in [1.165, 1.54) is 5.56 Å². The Kier molecular flexibility index (Phi) is 3.51. The molecule has 0 radical (unpaired) electrons. The zero-order chi connectivity index (χ0) is 13.1. The molecule has 1 atom stereocenters. The summed E-state index contributed by atoms with van der Waals surface area (Å²) >= 11 is 0. The van der Waals surface area contributed by atoms with Crippen molar-refractivity contribution in [2.24, 2.45) is 0 Å². The Labute approximate surface area is 113 Å². The first-order valence-electron chi connectivity index (χ1n) is 6.79. The van der Waals surface area contributed by atoms with Crippen LogP contribution < -0.4 is 0 Å². The summed E-state index contributed by atoms with van der Waals surface area (Å²) < 4.78 is 11.8. The molecule has 1 aliphatic rings. The van der Waals surface area contributed by atoms with E-state index < -0.39 is 0 Å². The first-order chi connectivity index (χ1) is 9.38. The second-order valence-corrected chi connectivity index (χ2v) is 4.86. The molecule has 1 aromatic heterocycles. The zero-order valence-electron chi connectivity index (χ0n) is 11.0. The fraction of sp³-hybridized carbons (Fsp3) is 0.294. The SMILES string of the molecule is C=CCO[C@H]1CCCc2oc(-c3ccccc3)cc21. The van der Waals surface area contributed by atoms with Crippen LogP contribution in [0.4, 0.5) is 0 Å². The van der Waals surface area contributed by atoms with Gasteiger partial charge in [0.05, 0.1) is 12.7 Å². The predicted octanol–water partition coefficient (Wildman–Crippen LogP) is 4.53. The van der Waals surface area contributed by atoms with Crippen molar-refractivity contribution in [1.82, 2.24) is 0 Å². The van der Waals surface area contributed by atoms with E-state index in [0.29, 0.717) is 6.61 Å². The highest BCUT2D eigenvalue weighted by atomic mass is 16.5. The molecule has 0 saturated carbocycles. The van der Waals surface area contributed by atoms with Gasteiger partial charge in [-0.2, -0.15) is 0 Å². The van der Waals surface area contributed by atoms with Crippen LogP contribution in [-0.2, 0) is 11.2 Å². The molecule has 0 aliphatic heterocycles. The fourth-order valence-corrected chi connectivity index (χ4v) is 2.62. The predicted molar refractivity (Wildman–Crippen MR) is 76.0 cm³/mol. The second kappa shape index (κ2) is 5.45. The van der Waals surface area contributed by atoms with Gasteiger partial charge in [0, 0.05) is 17.5 Å². The first-order valence-corrected chi connectivity index (χ1v) is 6.79. The summed E-state index contributed by atoms with van der Waals surface area (Å²) in [6.45, 7) is 4.30. The van der Waals surface area contributed by atoms with Gasteiger partial charge in [0.15, 0.2) is 0 Å². The van der Waals surface area contributed by atoms with E-state index in [4.69, 9.17) is 9.15 Å². The number of rotatable bonds is 4. The Morgan fingerprint density at radius 3 is 2.95 bits per heavy atom. The van der Waals surface area contributed by atoms with E-state index in [9.17, 15) is 0 Å². The third-order valence-corrected chi connectivity index (χ3v) is 3.53. The number of aryl methyl sites for hydroxylation is 1. The van der Waals surface area contributed by atoms with Crippen LogP contribution in [0.15, 0.2) is 53.5 Å². The molecule has 0 spiro atoms. The highest BCUT2D eigenvalue weighted by molar-refractivity contribution is 5.59. The molecule has 1 heterocycles. The number of hydrogen-bond acceptors (Lipinski definition) is 2. The van der Waals surface area contributed by atoms with Gasteiger partial charge in [-0.25, -0.2) is 0 Å². The minimum absolute atomic E-state index is 0.156. The standard InChI is InChI=1S/C17H18O2/c1-2-11-18-15-9-6-10-16-14(15)12-17(19-16)13-7-4-3-5-8-13/h2-5,7-8,12,15H,1,6,9-11H2/t15-/m0/s1. The van der Waals surface area contributed by atoms with Gasteiger partial charge in [0.1, 0.15) is 11.5 Å². The first kappa shape index (κ1) is 12.2. The van der Waals surface area contributed by atoms with Gasteiger partial charge in [-0.3, -0.25) is 0 Å². The van der Waals surface area contributed by atoms with E-state index in [-0.39, 0.29) is 6.10 Å². The summed E-state index contributed by atoms with van der Waals surface area (Å²) in [5, 5.41) is 0. The number of furan rings is 1. The molecule has 2 nitrogen and oxygen atoms in total. The third kappa shape index (κ3) is 2.49. The van der Waals surface area contributed by atoms with E-state index in [0.717, 1.165) is 36.3 Å². The number of fused-ring (bicyclic) bond motifs is 1. The van der Waals surface area contributed by atoms with Crippen LogP contribution >= 0.6 is 0 Å². The number of ether oxygens (including phenoxy) is 1. The highest BCUT2D eigenvalue weighted by Crippen LogP contribution is 2.37. The van der Waals surface area contributed by atoms with E-state index in [1.807, 2.05) is 18.2 Å². The van der Waals surface area contributed by atoms with E-state index in [1.54, 1.807) is 6.08 Å². The van der Waals surface area contributed by atoms with Crippen molar-refractivity contribution in [3.05, 3.63) is 60.4 Å². The lowest BCUT2D eigenvalue weighted by molar-refractivity contribution is 0.0591. The van der Waals surface area contributed by atoms with Crippen LogP contribution in [0.2, 0.25) is 0 Å². The van der Waals surface area contributed by atoms with Gasteiger partial charge in [-0.05, 0) is 18.9 Å². The van der Waals surface area contributed by atoms with Gasteiger partial charge in [0.2, 0.25) is 0 Å². The summed E-state index contributed by atoms with van der Waals surface area (Å²) in [6, 6.07) is 12.4. The molecule has 0 amide bonds. The van der Waals surface area contributed by atoms with Crippen molar-refractivity contribution in [1.29, 1.82) is 0 Å². The van der Waals surface area contributed by atoms with Crippen molar-refractivity contribution in [3.63, 3.8) is 0 Å². The van der Waals surface area contributed by atoms with Crippen molar-refractivity contribution < 1.29 is 9.15 Å². The van der Waals surface area contributed by atoms with Crippen molar-refractivity contribution in [3.8, 4) is 11.3 Å². The van der Waals surface area contributed by atoms with Gasteiger partial charge in [0.25, 0.3) is 0 Å². The fourth-order valence-electron chi connectivity index (χ4n) is 2.62. The van der Waals surface area contributed by atoms with E-state index in [2.05, 4.69) is 24.8 Å². The molecule has 0 unspecified atom stereocenters. The maximum absolute atomic E-state index is 6.00. The summed E-state index contributed by atoms with van der Waals surface area (Å²) in [4.78, 5) is 0. The van der Waals surface area contributed by atoms with Crippen LogP contribution in [0.5, 0.6) is 0 Å². The molecular formula is C17H18O2. The van der Waals surface area contributed by atoms with Crippen LogP contribution in [-0.4, -0.2) is 6.61 Å². The highest BCUT2D eigenvalue weighted by Gasteiger charge is 2.25. The molecule has 0 N–H and O–H groups in total. The van der Waals surface area contributed by atoms with Gasteiger partial charge >= 0.3 is 0 Å². The molecule has 3 rings (SSSR count). The van der Waals surface area contributed by atoms with Crippen LogP contribution in [0.25, 0.3) is 11.3 Å². The molecule has 2 aromatic rings. The van der Waals surface area contributed by atoms with Crippen LogP contribution in [0, 0.1) is 0 Å². The minimum Gasteiger partial charge on any atom is -0.461 e. The monoisotopic (exact) mass is 254 g/mol. The average Bonchev–Trinajstić information content (AvgIpc) is 2.90. The lowest BCUT2D eigenvalue weighted by atomic mass is 9.95. The number of hydrogen-bond donors (Lipinski definition) is 0. The Bertz CT molecular complexity index is 554. The quantitative estimate of drug-likeness (QED) is 0.748. The van der Waals surface area contributed by atoms with E-state index >= 15 is 0 Å². The zero-order valence-corrected chi connectivity index (χ0v) is 11.0. The van der Waals surface area contributed by atoms with Crippen molar-refractivity contribution in [2.75, 3.05) is 6.61 Å². The minimum atomic E-state index is 0.156. The summed E-state index contributed by atoms with van der Waals surface area (Å²) in [6.07, 6.45) is 5.15. The Hall–Kier alpha value is -1.80. The van der Waals surface area contributed by atoms with Gasteiger partial charge < -0.3 is 9.15 Å². The lowest BCUT2D eigenvalue weighted by Gasteiger charge is -2.20. The molecule has 0 bridgehead atoms. The second-order valence-electron chi connectivity index (χ2n) is 4.86. The Morgan fingerprint density at radius 1 is 1.32 bits per heavy atom. The molecule has 0 fully saturated rings.